The fourth-order valence-electron chi connectivity index (χ4n) is 7.75. The highest BCUT2D eigenvalue weighted by molar-refractivity contribution is 7.90. The molecule has 0 radical (unpaired) electrons. The van der Waals surface area contributed by atoms with Crippen molar-refractivity contribution >= 4 is 55.1 Å². The van der Waals surface area contributed by atoms with E-state index in [9.17, 15) is 36.0 Å². The zero-order valence-electron chi connectivity index (χ0n) is 35.4. The van der Waals surface area contributed by atoms with Gasteiger partial charge in [-0.05, 0) is 97.8 Å². The molecule has 2 atom stereocenters. The van der Waals surface area contributed by atoms with Gasteiger partial charge < -0.3 is 40.2 Å². The molecule has 0 unspecified atom stereocenters. The molecule has 10 rings (SSSR count). The van der Waals surface area contributed by atoms with Gasteiger partial charge in [-0.15, -0.1) is 0 Å². The number of ether oxygens (including phenoxy) is 4. The standard InChI is InChI=1S/2C23H21N3O6S/c2*1-14-10-18-23(28)25-17-11-15(6-7-21(17)33(29,30)26(18)12-14)22(27)24-9-8-16-13-31-19-4-2-3-5-20(19)32-16/h2*2-7,10-12,16H,8-9,13H2,1H3,(H,24,27)(H,25,28)/t2*16-/m10/s1. The van der Waals surface area contributed by atoms with Crippen LogP contribution in [0.3, 0.4) is 0 Å². The summed E-state index contributed by atoms with van der Waals surface area (Å²) < 4.78 is 77.2. The van der Waals surface area contributed by atoms with Crippen LogP contribution >= 0.6 is 0 Å². The number of nitrogens with zero attached hydrogens (tertiary/aromatic N) is 2. The Hall–Kier alpha value is -7.58. The average Bonchev–Trinajstić information content (AvgIpc) is 3.89. The fourth-order valence-corrected chi connectivity index (χ4v) is 10.8. The lowest BCUT2D eigenvalue weighted by Crippen LogP contribution is -2.34. The summed E-state index contributed by atoms with van der Waals surface area (Å²) in [4.78, 5) is 50.3. The normalized spacial score (nSPS) is 17.8. The molecule has 0 saturated carbocycles. The van der Waals surface area contributed by atoms with Gasteiger partial charge in [0, 0.05) is 49.5 Å². The van der Waals surface area contributed by atoms with Crippen LogP contribution in [0, 0.1) is 13.8 Å². The van der Waals surface area contributed by atoms with Gasteiger partial charge in [0.1, 0.15) is 46.6 Å². The number of rotatable bonds is 8. The molecule has 0 bridgehead atoms. The summed E-state index contributed by atoms with van der Waals surface area (Å²) in [5.74, 6) is 0.841. The molecule has 340 valence electrons. The first-order chi connectivity index (χ1) is 31.6. The number of para-hydroxylation sites is 4. The molecule has 6 aromatic rings. The predicted octanol–water partition coefficient (Wildman–Crippen LogP) is 5.12. The second-order valence-corrected chi connectivity index (χ2v) is 19.4. The van der Waals surface area contributed by atoms with Gasteiger partial charge in [-0.1, -0.05) is 24.3 Å². The number of amides is 4. The summed E-state index contributed by atoms with van der Waals surface area (Å²) in [5, 5.41) is 10.8. The van der Waals surface area contributed by atoms with Gasteiger partial charge in [-0.3, -0.25) is 19.2 Å². The molecule has 4 aliphatic heterocycles. The second-order valence-electron chi connectivity index (χ2n) is 15.8. The number of nitrogens with one attached hydrogen (secondary N) is 4. The van der Waals surface area contributed by atoms with Gasteiger partial charge in [-0.2, -0.15) is 0 Å². The highest BCUT2D eigenvalue weighted by Gasteiger charge is 2.33. The van der Waals surface area contributed by atoms with Gasteiger partial charge >= 0.3 is 0 Å². The van der Waals surface area contributed by atoms with E-state index in [1.807, 2.05) is 48.5 Å². The first-order valence-electron chi connectivity index (χ1n) is 20.8. The van der Waals surface area contributed by atoms with Crippen LogP contribution in [0.4, 0.5) is 11.4 Å². The van der Waals surface area contributed by atoms with E-state index >= 15 is 0 Å². The van der Waals surface area contributed by atoms with Crippen LogP contribution in [0.1, 0.15) is 65.7 Å². The number of hydrogen-bond acceptors (Lipinski definition) is 12. The van der Waals surface area contributed by atoms with Crippen molar-refractivity contribution in [2.45, 2.75) is 48.7 Å². The largest absolute Gasteiger partial charge is 0.486 e. The van der Waals surface area contributed by atoms with Crippen LogP contribution in [-0.4, -0.2) is 86.9 Å². The van der Waals surface area contributed by atoms with Crippen molar-refractivity contribution in [2.75, 3.05) is 36.9 Å². The lowest BCUT2D eigenvalue weighted by Gasteiger charge is -2.26. The smallest absolute Gasteiger partial charge is 0.273 e. The van der Waals surface area contributed by atoms with Crippen molar-refractivity contribution < 1.29 is 55.0 Å². The van der Waals surface area contributed by atoms with Crippen LogP contribution in [0.2, 0.25) is 0 Å². The third-order valence-corrected chi connectivity index (χ3v) is 14.5. The maximum Gasteiger partial charge on any atom is 0.273 e. The zero-order valence-corrected chi connectivity index (χ0v) is 37.0. The van der Waals surface area contributed by atoms with E-state index in [0.717, 1.165) is 7.94 Å². The number of carbonyl (C=O) groups excluding carboxylic acids is 4. The number of hydrogen-bond donors (Lipinski definition) is 4. The molecule has 6 heterocycles. The molecule has 20 heteroatoms. The van der Waals surface area contributed by atoms with Crippen LogP contribution in [0.5, 0.6) is 23.0 Å². The molecular formula is C46H42N6O12S2. The van der Waals surface area contributed by atoms with E-state index in [1.54, 1.807) is 13.8 Å². The molecule has 4 aromatic carbocycles. The van der Waals surface area contributed by atoms with Crippen LogP contribution in [-0.2, 0) is 20.0 Å². The Labute approximate surface area is 378 Å². The highest BCUT2D eigenvalue weighted by atomic mass is 32.2. The van der Waals surface area contributed by atoms with Crippen LogP contribution in [0.25, 0.3) is 0 Å². The number of aromatic nitrogens is 2. The lowest BCUT2D eigenvalue weighted by molar-refractivity contribution is 0.0809. The van der Waals surface area contributed by atoms with Gasteiger partial charge in [0.25, 0.3) is 43.7 Å². The molecular weight excluding hydrogens is 893 g/mol. The van der Waals surface area contributed by atoms with Gasteiger partial charge in [0.05, 0.1) is 11.4 Å². The second kappa shape index (κ2) is 17.4. The van der Waals surface area contributed by atoms with Gasteiger partial charge in [-0.25, -0.2) is 24.8 Å². The molecule has 2 aromatic heterocycles. The molecule has 18 nitrogen and oxygen atoms in total. The molecule has 0 aliphatic carbocycles. The molecule has 0 fully saturated rings. The van der Waals surface area contributed by atoms with Crippen molar-refractivity contribution in [2.24, 2.45) is 0 Å². The van der Waals surface area contributed by atoms with E-state index in [-0.39, 0.29) is 67.7 Å². The Balaban J connectivity index is 0.000000166. The Morgan fingerprint density at radius 2 is 0.985 bits per heavy atom. The molecule has 66 heavy (non-hydrogen) atoms. The van der Waals surface area contributed by atoms with Crippen LogP contribution < -0.4 is 40.2 Å². The molecule has 4 N–H and O–H groups in total. The van der Waals surface area contributed by atoms with Crippen molar-refractivity contribution in [3.8, 4) is 23.0 Å². The monoisotopic (exact) mass is 934 g/mol. The number of carbonyl (C=O) groups is 4. The first kappa shape index (κ1) is 43.7. The summed E-state index contributed by atoms with van der Waals surface area (Å²) in [6.07, 6.45) is 3.46. The molecule has 4 aliphatic rings. The first-order valence-corrected chi connectivity index (χ1v) is 23.7. The van der Waals surface area contributed by atoms with Gasteiger partial charge in [0.15, 0.2) is 23.0 Å². The average molecular weight is 935 g/mol. The SMILES string of the molecule is Cc1cc2n(c1)S(=O)(=O)c1ccc(C(=O)NCC[C@@H]3COc4ccccc4O3)cc1NC2=O.Cc1cc2n(c1)S(=O)(=O)c1ccc(C(=O)NCC[C@H]3COc4ccccc4O3)cc1NC2=O. The van der Waals surface area contributed by atoms with Crippen molar-refractivity contribution in [1.82, 2.24) is 18.6 Å². The maximum atomic E-state index is 13.0. The Bertz CT molecular complexity index is 2970. The third-order valence-electron chi connectivity index (χ3n) is 11.0. The highest BCUT2D eigenvalue weighted by Crippen LogP contribution is 2.34. The van der Waals surface area contributed by atoms with Crippen LogP contribution in [0.15, 0.2) is 119 Å². The van der Waals surface area contributed by atoms with Crippen molar-refractivity contribution in [3.05, 3.63) is 143 Å². The predicted molar refractivity (Wildman–Crippen MR) is 239 cm³/mol. The third kappa shape index (κ3) is 8.54. The Morgan fingerprint density at radius 1 is 0.591 bits per heavy atom. The van der Waals surface area contributed by atoms with Crippen molar-refractivity contribution in [1.29, 1.82) is 0 Å². The summed E-state index contributed by atoms with van der Waals surface area (Å²) in [7, 11) is -7.95. The van der Waals surface area contributed by atoms with E-state index < -0.39 is 31.9 Å². The van der Waals surface area contributed by atoms with E-state index in [1.165, 1.54) is 60.9 Å². The fraction of sp³-hybridized carbons (Fsp3) is 0.217. The van der Waals surface area contributed by atoms with Crippen molar-refractivity contribution in [3.63, 3.8) is 0 Å². The van der Waals surface area contributed by atoms with E-state index in [2.05, 4.69) is 21.3 Å². The quantitative estimate of drug-likeness (QED) is 0.156. The number of fused-ring (bicyclic) bond motifs is 6. The number of aryl methyl sites for hydroxylation is 2. The van der Waals surface area contributed by atoms with E-state index in [4.69, 9.17) is 18.9 Å². The van der Waals surface area contributed by atoms with Gasteiger partial charge in [0.2, 0.25) is 0 Å². The van der Waals surface area contributed by atoms with E-state index in [0.29, 0.717) is 73.3 Å². The Morgan fingerprint density at radius 3 is 1.39 bits per heavy atom. The molecule has 4 amide bonds. The number of benzene rings is 4. The molecule has 0 saturated heterocycles. The minimum Gasteiger partial charge on any atom is -0.486 e. The molecule has 0 spiro atoms. The summed E-state index contributed by atoms with van der Waals surface area (Å²) in [6, 6.07) is 26.1. The number of anilines is 2. The summed E-state index contributed by atoms with van der Waals surface area (Å²) >= 11 is 0. The maximum absolute atomic E-state index is 13.0. The summed E-state index contributed by atoms with van der Waals surface area (Å²) in [6.45, 7) is 4.86. The lowest BCUT2D eigenvalue weighted by atomic mass is 10.1. The zero-order chi connectivity index (χ0) is 46.3. The Kier molecular flexibility index (Phi) is 11.5. The topological polar surface area (TPSA) is 231 Å². The minimum atomic E-state index is -3.98. The summed E-state index contributed by atoms with van der Waals surface area (Å²) in [5.41, 5.74) is 1.94. The minimum absolute atomic E-state index is 0.0194.